The fraction of sp³-hybridized carbons (Fsp3) is 0.120. The molecule has 4 rings (SSSR count). The van der Waals surface area contributed by atoms with Gasteiger partial charge in [-0.15, -0.1) is 0 Å². The Morgan fingerprint density at radius 3 is 2.61 bits per heavy atom. The van der Waals surface area contributed by atoms with Crippen molar-refractivity contribution in [1.82, 2.24) is 10.7 Å². The number of para-hydroxylation sites is 1. The lowest BCUT2D eigenvalue weighted by molar-refractivity contribution is -0.139. The summed E-state index contributed by atoms with van der Waals surface area (Å²) in [6.45, 7) is 0.0461. The van der Waals surface area contributed by atoms with Gasteiger partial charge in [-0.25, -0.2) is 5.43 Å². The Hall–Kier alpha value is -4.38. The summed E-state index contributed by atoms with van der Waals surface area (Å²) < 4.78 is 16.9. The van der Waals surface area contributed by atoms with Gasteiger partial charge in [-0.1, -0.05) is 40.2 Å². The number of carbonyl (C=O) groups is 3. The smallest absolute Gasteiger partial charge is 0.329 e. The van der Waals surface area contributed by atoms with Crippen LogP contribution in [0.2, 0.25) is 0 Å². The number of ether oxygens (including phenoxy) is 3. The Labute approximate surface area is 214 Å². The molecule has 0 saturated carbocycles. The summed E-state index contributed by atoms with van der Waals surface area (Å²) in [5, 5.41) is 9.08. The number of rotatable bonds is 8. The van der Waals surface area contributed by atoms with E-state index in [4.69, 9.17) is 14.2 Å². The van der Waals surface area contributed by atoms with Crippen LogP contribution in [0.5, 0.6) is 17.2 Å². The average molecular weight is 553 g/mol. The van der Waals surface area contributed by atoms with Crippen molar-refractivity contribution >= 4 is 45.6 Å². The summed E-state index contributed by atoms with van der Waals surface area (Å²) >= 11 is 3.36. The Morgan fingerprint density at radius 1 is 0.972 bits per heavy atom. The third-order valence-corrected chi connectivity index (χ3v) is 5.35. The van der Waals surface area contributed by atoms with Gasteiger partial charge in [0.25, 0.3) is 5.91 Å². The summed E-state index contributed by atoms with van der Waals surface area (Å²) in [5.74, 6) is -0.545. The number of hydrazone groups is 1. The lowest BCUT2D eigenvalue weighted by atomic mass is 10.2. The van der Waals surface area contributed by atoms with Crippen LogP contribution >= 0.6 is 15.9 Å². The number of carbonyl (C=O) groups excluding carboxylic acids is 3. The van der Waals surface area contributed by atoms with Crippen LogP contribution in [-0.4, -0.2) is 37.3 Å². The Morgan fingerprint density at radius 2 is 1.78 bits per heavy atom. The minimum absolute atomic E-state index is 0.126. The number of fused-ring (bicyclic) bond motifs is 1. The summed E-state index contributed by atoms with van der Waals surface area (Å²) in [6, 6.07) is 19.3. The van der Waals surface area contributed by atoms with Crippen molar-refractivity contribution in [3.05, 3.63) is 82.3 Å². The summed E-state index contributed by atoms with van der Waals surface area (Å²) in [7, 11) is 0. The van der Waals surface area contributed by atoms with E-state index in [1.807, 2.05) is 18.2 Å². The molecule has 184 valence electrons. The lowest BCUT2D eigenvalue weighted by Gasteiger charge is -2.10. The van der Waals surface area contributed by atoms with Crippen LogP contribution < -0.4 is 30.3 Å². The third-order valence-electron chi connectivity index (χ3n) is 4.85. The summed E-state index contributed by atoms with van der Waals surface area (Å²) in [4.78, 5) is 36.4. The monoisotopic (exact) mass is 552 g/mol. The third kappa shape index (κ3) is 6.83. The molecule has 3 aromatic carbocycles. The Balaban J connectivity index is 1.28. The van der Waals surface area contributed by atoms with E-state index in [2.05, 4.69) is 37.1 Å². The molecule has 0 bridgehead atoms. The molecule has 1 aliphatic rings. The molecule has 36 heavy (non-hydrogen) atoms. The van der Waals surface area contributed by atoms with Gasteiger partial charge in [0.05, 0.1) is 6.21 Å². The zero-order chi connectivity index (χ0) is 25.3. The minimum Gasteiger partial charge on any atom is -0.483 e. The number of halogens is 1. The number of nitrogens with one attached hydrogen (secondary N) is 3. The zero-order valence-electron chi connectivity index (χ0n) is 18.8. The van der Waals surface area contributed by atoms with Gasteiger partial charge in [0.15, 0.2) is 18.1 Å². The van der Waals surface area contributed by atoms with E-state index in [1.54, 1.807) is 48.5 Å². The van der Waals surface area contributed by atoms with Crippen LogP contribution in [0.15, 0.2) is 76.3 Å². The lowest BCUT2D eigenvalue weighted by Crippen LogP contribution is -2.37. The van der Waals surface area contributed by atoms with E-state index >= 15 is 0 Å². The predicted molar refractivity (Wildman–Crippen MR) is 135 cm³/mol. The number of benzene rings is 3. The fourth-order valence-corrected chi connectivity index (χ4v) is 3.52. The quantitative estimate of drug-likeness (QED) is 0.224. The molecule has 0 aliphatic carbocycles. The normalized spacial score (nSPS) is 11.7. The molecule has 3 N–H and O–H groups in total. The fourth-order valence-electron chi connectivity index (χ4n) is 3.14. The van der Waals surface area contributed by atoms with Crippen molar-refractivity contribution in [2.75, 3.05) is 18.7 Å². The van der Waals surface area contributed by atoms with Gasteiger partial charge in [0, 0.05) is 22.3 Å². The molecule has 10 nitrogen and oxygen atoms in total. The van der Waals surface area contributed by atoms with Crippen LogP contribution in [0.1, 0.15) is 11.1 Å². The molecule has 0 aromatic heterocycles. The maximum Gasteiger partial charge on any atom is 0.329 e. The van der Waals surface area contributed by atoms with Crippen molar-refractivity contribution in [2.24, 2.45) is 5.10 Å². The largest absolute Gasteiger partial charge is 0.483 e. The second-order valence-electron chi connectivity index (χ2n) is 7.45. The number of amides is 3. The van der Waals surface area contributed by atoms with Crippen molar-refractivity contribution < 1.29 is 28.6 Å². The second kappa shape index (κ2) is 11.8. The number of hydrogen-bond donors (Lipinski definition) is 3. The van der Waals surface area contributed by atoms with E-state index in [-0.39, 0.29) is 25.9 Å². The average Bonchev–Trinajstić information content (AvgIpc) is 3.35. The van der Waals surface area contributed by atoms with Crippen LogP contribution in [0.3, 0.4) is 0 Å². The molecule has 3 amide bonds. The molecule has 1 aliphatic heterocycles. The van der Waals surface area contributed by atoms with E-state index < -0.39 is 11.8 Å². The van der Waals surface area contributed by atoms with Gasteiger partial charge < -0.3 is 24.8 Å². The SMILES string of the molecule is O=C(COc1ccc(Br)cc1/C=N\NC(=O)C(=O)NCc1ccc2c(c1)OCO2)Nc1ccccc1. The van der Waals surface area contributed by atoms with Gasteiger partial charge in [-0.2, -0.15) is 5.10 Å². The Kier molecular flexibility index (Phi) is 8.14. The standard InChI is InChI=1S/C25H21BrN4O6/c26-18-7-9-20(34-14-23(31)29-19-4-2-1-3-5-19)17(11-18)13-28-30-25(33)24(32)27-12-16-6-8-21-22(10-16)36-15-35-21/h1-11,13H,12,14-15H2,(H,27,32)(H,29,31)(H,30,33)/b28-13-. The topological polar surface area (TPSA) is 127 Å². The van der Waals surface area contributed by atoms with Crippen molar-refractivity contribution in [3.8, 4) is 17.2 Å². The second-order valence-corrected chi connectivity index (χ2v) is 8.37. The van der Waals surface area contributed by atoms with Crippen molar-refractivity contribution in [3.63, 3.8) is 0 Å². The van der Waals surface area contributed by atoms with E-state index in [9.17, 15) is 14.4 Å². The highest BCUT2D eigenvalue weighted by Gasteiger charge is 2.16. The molecule has 11 heteroatoms. The molecule has 0 unspecified atom stereocenters. The highest BCUT2D eigenvalue weighted by atomic mass is 79.9. The number of hydrogen-bond acceptors (Lipinski definition) is 7. The molecule has 3 aromatic rings. The van der Waals surface area contributed by atoms with E-state index in [0.717, 1.165) is 10.0 Å². The maximum atomic E-state index is 12.2. The van der Waals surface area contributed by atoms with Crippen LogP contribution in [0.25, 0.3) is 0 Å². The molecule has 0 spiro atoms. The predicted octanol–water partition coefficient (Wildman–Crippen LogP) is 2.96. The number of nitrogens with zero attached hydrogens (tertiary/aromatic N) is 1. The first-order chi connectivity index (χ1) is 17.5. The van der Waals surface area contributed by atoms with Crippen molar-refractivity contribution in [2.45, 2.75) is 6.54 Å². The van der Waals surface area contributed by atoms with Gasteiger partial charge in [0.1, 0.15) is 5.75 Å². The van der Waals surface area contributed by atoms with Crippen LogP contribution in [0.4, 0.5) is 5.69 Å². The first-order valence-electron chi connectivity index (χ1n) is 10.7. The number of anilines is 1. The highest BCUT2D eigenvalue weighted by Crippen LogP contribution is 2.32. The highest BCUT2D eigenvalue weighted by molar-refractivity contribution is 9.10. The van der Waals surface area contributed by atoms with Gasteiger partial charge >= 0.3 is 11.8 Å². The molecule has 0 fully saturated rings. The maximum absolute atomic E-state index is 12.2. The summed E-state index contributed by atoms with van der Waals surface area (Å²) in [6.07, 6.45) is 1.32. The molecule has 1 heterocycles. The van der Waals surface area contributed by atoms with Gasteiger partial charge in [-0.3, -0.25) is 14.4 Å². The molecule has 0 radical (unpaired) electrons. The van der Waals surface area contributed by atoms with E-state index in [1.165, 1.54) is 6.21 Å². The van der Waals surface area contributed by atoms with Crippen molar-refractivity contribution in [1.29, 1.82) is 0 Å². The van der Waals surface area contributed by atoms with Gasteiger partial charge in [-0.05, 0) is 48.0 Å². The van der Waals surface area contributed by atoms with Crippen LogP contribution in [-0.2, 0) is 20.9 Å². The van der Waals surface area contributed by atoms with E-state index in [0.29, 0.717) is 28.5 Å². The molecular weight excluding hydrogens is 532 g/mol. The molecule has 0 atom stereocenters. The Bertz CT molecular complexity index is 1300. The first-order valence-corrected chi connectivity index (χ1v) is 11.5. The van der Waals surface area contributed by atoms with Crippen LogP contribution in [0, 0.1) is 0 Å². The first kappa shape index (κ1) is 24.7. The zero-order valence-corrected chi connectivity index (χ0v) is 20.4. The van der Waals surface area contributed by atoms with Gasteiger partial charge in [0.2, 0.25) is 6.79 Å². The molecule has 0 saturated heterocycles. The minimum atomic E-state index is -0.938. The summed E-state index contributed by atoms with van der Waals surface area (Å²) in [5.41, 5.74) is 4.06. The molecular formula is C25H21BrN4O6.